The summed E-state index contributed by atoms with van der Waals surface area (Å²) in [6.45, 7) is 6.88. The minimum atomic E-state index is -0.291. The molecule has 0 unspecified atom stereocenters. The summed E-state index contributed by atoms with van der Waals surface area (Å²) < 4.78 is 13.1. The number of amides is 1. The summed E-state index contributed by atoms with van der Waals surface area (Å²) in [6, 6.07) is 10.2. The SMILES string of the molecule is CCn1ncc(CNC(=O)c2ccc(COc3ccc(C(C)=O)cc3)o2)c1C. The lowest BCUT2D eigenvalue weighted by atomic mass is 10.1. The van der Waals surface area contributed by atoms with Gasteiger partial charge in [0.05, 0.1) is 6.20 Å². The Morgan fingerprint density at radius 2 is 1.93 bits per heavy atom. The molecule has 1 amide bonds. The Morgan fingerprint density at radius 1 is 1.18 bits per heavy atom. The summed E-state index contributed by atoms with van der Waals surface area (Å²) in [7, 11) is 0. The monoisotopic (exact) mass is 381 g/mol. The number of hydrogen-bond acceptors (Lipinski definition) is 5. The Bertz CT molecular complexity index is 970. The molecular weight excluding hydrogens is 358 g/mol. The Morgan fingerprint density at radius 3 is 2.57 bits per heavy atom. The number of carbonyl (C=O) groups is 2. The van der Waals surface area contributed by atoms with E-state index in [2.05, 4.69) is 10.4 Å². The van der Waals surface area contributed by atoms with E-state index in [9.17, 15) is 9.59 Å². The first-order valence-electron chi connectivity index (χ1n) is 9.10. The zero-order valence-electron chi connectivity index (χ0n) is 16.2. The van der Waals surface area contributed by atoms with Gasteiger partial charge in [-0.15, -0.1) is 0 Å². The summed E-state index contributed by atoms with van der Waals surface area (Å²) in [5.41, 5.74) is 2.63. The predicted octanol–water partition coefficient (Wildman–Crippen LogP) is 3.52. The van der Waals surface area contributed by atoms with Crippen LogP contribution in [0.15, 0.2) is 47.0 Å². The highest BCUT2D eigenvalue weighted by Gasteiger charge is 2.13. The third-order valence-corrected chi connectivity index (χ3v) is 4.47. The second-order valence-corrected chi connectivity index (χ2v) is 6.39. The molecule has 146 valence electrons. The molecule has 0 saturated heterocycles. The Labute approximate surface area is 163 Å². The number of rotatable bonds is 8. The van der Waals surface area contributed by atoms with Crippen molar-refractivity contribution in [1.29, 1.82) is 0 Å². The number of benzene rings is 1. The molecule has 0 aliphatic carbocycles. The molecule has 0 bridgehead atoms. The van der Waals surface area contributed by atoms with Gasteiger partial charge in [0.25, 0.3) is 5.91 Å². The van der Waals surface area contributed by atoms with Crippen LogP contribution in [0.2, 0.25) is 0 Å². The third-order valence-electron chi connectivity index (χ3n) is 4.47. The zero-order valence-corrected chi connectivity index (χ0v) is 16.2. The van der Waals surface area contributed by atoms with Crippen LogP contribution in [-0.4, -0.2) is 21.5 Å². The first-order chi connectivity index (χ1) is 13.5. The van der Waals surface area contributed by atoms with Crippen LogP contribution in [0.4, 0.5) is 0 Å². The van der Waals surface area contributed by atoms with Gasteiger partial charge in [0.15, 0.2) is 11.5 Å². The lowest BCUT2D eigenvalue weighted by Crippen LogP contribution is -2.22. The number of aromatic nitrogens is 2. The molecule has 3 rings (SSSR count). The number of nitrogens with one attached hydrogen (secondary N) is 1. The molecule has 0 radical (unpaired) electrons. The molecule has 0 aliphatic heterocycles. The maximum absolute atomic E-state index is 12.3. The number of ether oxygens (including phenoxy) is 1. The highest BCUT2D eigenvalue weighted by atomic mass is 16.5. The highest BCUT2D eigenvalue weighted by Crippen LogP contribution is 2.16. The first kappa shape index (κ1) is 19.4. The number of nitrogens with zero attached hydrogens (tertiary/aromatic N) is 2. The van der Waals surface area contributed by atoms with Crippen molar-refractivity contribution in [2.45, 2.75) is 40.5 Å². The molecule has 1 N–H and O–H groups in total. The highest BCUT2D eigenvalue weighted by molar-refractivity contribution is 5.94. The molecule has 1 aromatic carbocycles. The zero-order chi connectivity index (χ0) is 20.1. The van der Waals surface area contributed by atoms with Crippen molar-refractivity contribution in [1.82, 2.24) is 15.1 Å². The largest absolute Gasteiger partial charge is 0.486 e. The smallest absolute Gasteiger partial charge is 0.287 e. The molecule has 0 aliphatic rings. The van der Waals surface area contributed by atoms with Crippen molar-refractivity contribution in [2.75, 3.05) is 0 Å². The topological polar surface area (TPSA) is 86.4 Å². The van der Waals surface area contributed by atoms with Gasteiger partial charge in [0, 0.05) is 29.9 Å². The van der Waals surface area contributed by atoms with Crippen molar-refractivity contribution in [3.05, 3.63) is 70.9 Å². The van der Waals surface area contributed by atoms with Crippen LogP contribution < -0.4 is 10.1 Å². The average molecular weight is 381 g/mol. The molecule has 2 heterocycles. The summed E-state index contributed by atoms with van der Waals surface area (Å²) in [6.07, 6.45) is 1.76. The molecule has 28 heavy (non-hydrogen) atoms. The summed E-state index contributed by atoms with van der Waals surface area (Å²) in [4.78, 5) is 23.6. The number of aryl methyl sites for hydroxylation is 1. The van der Waals surface area contributed by atoms with E-state index >= 15 is 0 Å². The van der Waals surface area contributed by atoms with Crippen molar-refractivity contribution < 1.29 is 18.7 Å². The fourth-order valence-corrected chi connectivity index (χ4v) is 2.76. The molecule has 0 fully saturated rings. The summed E-state index contributed by atoms with van der Waals surface area (Å²) in [5, 5.41) is 7.10. The van der Waals surface area contributed by atoms with Crippen LogP contribution in [0.5, 0.6) is 5.75 Å². The first-order valence-corrected chi connectivity index (χ1v) is 9.10. The van der Waals surface area contributed by atoms with Crippen LogP contribution in [0.25, 0.3) is 0 Å². The van der Waals surface area contributed by atoms with Crippen LogP contribution >= 0.6 is 0 Å². The van der Waals surface area contributed by atoms with E-state index in [4.69, 9.17) is 9.15 Å². The Balaban J connectivity index is 1.53. The molecule has 2 aromatic heterocycles. The fraction of sp³-hybridized carbons (Fsp3) is 0.286. The number of hydrogen-bond donors (Lipinski definition) is 1. The van der Waals surface area contributed by atoms with E-state index in [0.717, 1.165) is 17.8 Å². The average Bonchev–Trinajstić information content (AvgIpc) is 3.31. The number of Topliss-reactive ketones (excluding diaryl/α,β-unsaturated/α-hetero) is 1. The lowest BCUT2D eigenvalue weighted by Gasteiger charge is -2.05. The molecule has 0 atom stereocenters. The van der Waals surface area contributed by atoms with Crippen molar-refractivity contribution in [3.63, 3.8) is 0 Å². The minimum absolute atomic E-state index is 0.00507. The molecule has 7 nitrogen and oxygen atoms in total. The predicted molar refractivity (Wildman–Crippen MR) is 103 cm³/mol. The minimum Gasteiger partial charge on any atom is -0.486 e. The van der Waals surface area contributed by atoms with E-state index < -0.39 is 0 Å². The van der Waals surface area contributed by atoms with Gasteiger partial charge in [-0.25, -0.2) is 0 Å². The second-order valence-electron chi connectivity index (χ2n) is 6.39. The lowest BCUT2D eigenvalue weighted by molar-refractivity contribution is 0.0918. The van der Waals surface area contributed by atoms with Crippen LogP contribution in [0.3, 0.4) is 0 Å². The van der Waals surface area contributed by atoms with Gasteiger partial charge in [-0.3, -0.25) is 14.3 Å². The molecule has 0 spiro atoms. The van der Waals surface area contributed by atoms with E-state index in [-0.39, 0.29) is 24.1 Å². The van der Waals surface area contributed by atoms with E-state index in [1.54, 1.807) is 42.6 Å². The number of ketones is 1. The van der Waals surface area contributed by atoms with Gasteiger partial charge in [-0.2, -0.15) is 5.10 Å². The Hall–Kier alpha value is -3.35. The van der Waals surface area contributed by atoms with E-state index in [0.29, 0.717) is 23.6 Å². The van der Waals surface area contributed by atoms with Crippen molar-refractivity contribution in [2.24, 2.45) is 0 Å². The fourth-order valence-electron chi connectivity index (χ4n) is 2.76. The van der Waals surface area contributed by atoms with Crippen LogP contribution in [-0.2, 0) is 19.7 Å². The summed E-state index contributed by atoms with van der Waals surface area (Å²) >= 11 is 0. The third kappa shape index (κ3) is 4.49. The second kappa shape index (κ2) is 8.56. The van der Waals surface area contributed by atoms with Gasteiger partial charge >= 0.3 is 0 Å². The number of furan rings is 1. The van der Waals surface area contributed by atoms with Gasteiger partial charge in [0.2, 0.25) is 0 Å². The standard InChI is InChI=1S/C21H23N3O4/c1-4-24-14(2)17(12-23-24)11-22-21(26)20-10-9-19(28-20)13-27-18-7-5-16(6-8-18)15(3)25/h5-10,12H,4,11,13H2,1-3H3,(H,22,26). The normalized spacial score (nSPS) is 10.7. The van der Waals surface area contributed by atoms with Gasteiger partial charge in [-0.05, 0) is 57.2 Å². The summed E-state index contributed by atoms with van der Waals surface area (Å²) in [5.74, 6) is 1.10. The van der Waals surface area contributed by atoms with E-state index in [1.165, 1.54) is 6.92 Å². The van der Waals surface area contributed by atoms with Crippen molar-refractivity contribution >= 4 is 11.7 Å². The van der Waals surface area contributed by atoms with Gasteiger partial charge in [0.1, 0.15) is 18.1 Å². The van der Waals surface area contributed by atoms with Gasteiger partial charge < -0.3 is 14.5 Å². The number of carbonyl (C=O) groups excluding carboxylic acids is 2. The maximum Gasteiger partial charge on any atom is 0.287 e. The van der Waals surface area contributed by atoms with Gasteiger partial charge in [-0.1, -0.05) is 0 Å². The molecule has 3 aromatic rings. The van der Waals surface area contributed by atoms with E-state index in [1.807, 2.05) is 18.5 Å². The maximum atomic E-state index is 12.3. The Kier molecular flexibility index (Phi) is 5.93. The molecular formula is C21H23N3O4. The molecule has 7 heteroatoms. The van der Waals surface area contributed by atoms with Crippen LogP contribution in [0.1, 0.15) is 51.8 Å². The molecule has 0 saturated carbocycles. The quantitative estimate of drug-likeness (QED) is 0.604. The van der Waals surface area contributed by atoms with Crippen LogP contribution in [0, 0.1) is 6.92 Å². The van der Waals surface area contributed by atoms with Crippen molar-refractivity contribution in [3.8, 4) is 5.75 Å².